The quantitative estimate of drug-likeness (QED) is 0.589. The van der Waals surface area contributed by atoms with Crippen molar-refractivity contribution >= 4 is 60.9 Å². The van der Waals surface area contributed by atoms with Crippen molar-refractivity contribution in [3.8, 4) is 0 Å². The molecule has 0 saturated carbocycles. The molecule has 0 radical (unpaired) electrons. The summed E-state index contributed by atoms with van der Waals surface area (Å²) in [7, 11) is 0. The SMILES string of the molecule is O=C1CC(c2cccc(I)c2)=NN1c1nc2ccccc2s1. The summed E-state index contributed by atoms with van der Waals surface area (Å²) in [6.07, 6.45) is 0.315. The van der Waals surface area contributed by atoms with Gasteiger partial charge in [0.25, 0.3) is 5.91 Å². The van der Waals surface area contributed by atoms with Crippen LogP contribution in [-0.4, -0.2) is 16.6 Å². The molecule has 0 N–H and O–H groups in total. The second-order valence-electron chi connectivity index (χ2n) is 4.90. The van der Waals surface area contributed by atoms with Gasteiger partial charge in [0.1, 0.15) is 0 Å². The summed E-state index contributed by atoms with van der Waals surface area (Å²) in [6.45, 7) is 0. The number of thiazole rings is 1. The second kappa shape index (κ2) is 5.44. The molecule has 2 heterocycles. The molecule has 0 bridgehead atoms. The van der Waals surface area contributed by atoms with Crippen LogP contribution in [-0.2, 0) is 4.79 Å². The van der Waals surface area contributed by atoms with Crippen LogP contribution >= 0.6 is 33.9 Å². The molecule has 0 saturated heterocycles. The highest BCUT2D eigenvalue weighted by Crippen LogP contribution is 2.31. The van der Waals surface area contributed by atoms with Crippen molar-refractivity contribution in [2.24, 2.45) is 5.10 Å². The van der Waals surface area contributed by atoms with Gasteiger partial charge in [-0.1, -0.05) is 35.6 Å². The molecule has 1 amide bonds. The van der Waals surface area contributed by atoms with Crippen molar-refractivity contribution in [2.75, 3.05) is 5.01 Å². The number of hydrogen-bond acceptors (Lipinski definition) is 4. The number of hydrazone groups is 1. The fourth-order valence-electron chi connectivity index (χ4n) is 2.36. The standard InChI is InChI=1S/C16H10IN3OS/c17-11-5-3-4-10(8-11)13-9-15(21)20(19-13)16-18-12-6-1-2-7-14(12)22-16/h1-8H,9H2. The lowest BCUT2D eigenvalue weighted by molar-refractivity contribution is -0.116. The van der Waals surface area contributed by atoms with E-state index in [1.165, 1.54) is 16.3 Å². The smallest absolute Gasteiger partial charge is 0.255 e. The predicted octanol–water partition coefficient (Wildman–Crippen LogP) is 4.04. The summed E-state index contributed by atoms with van der Waals surface area (Å²) < 4.78 is 2.19. The van der Waals surface area contributed by atoms with Crippen LogP contribution in [0.1, 0.15) is 12.0 Å². The van der Waals surface area contributed by atoms with Gasteiger partial charge in [-0.2, -0.15) is 10.1 Å². The van der Waals surface area contributed by atoms with Gasteiger partial charge in [-0.25, -0.2) is 4.98 Å². The molecule has 1 aliphatic rings. The monoisotopic (exact) mass is 419 g/mol. The number of fused-ring (bicyclic) bond motifs is 1. The average molecular weight is 419 g/mol. The minimum atomic E-state index is -0.0343. The number of nitrogens with zero attached hydrogens (tertiary/aromatic N) is 3. The first kappa shape index (κ1) is 13.8. The minimum Gasteiger partial charge on any atom is -0.272 e. The fraction of sp³-hybridized carbons (Fsp3) is 0.0625. The predicted molar refractivity (Wildman–Crippen MR) is 97.4 cm³/mol. The van der Waals surface area contributed by atoms with E-state index in [0.29, 0.717) is 11.6 Å². The van der Waals surface area contributed by atoms with E-state index in [9.17, 15) is 4.79 Å². The maximum atomic E-state index is 12.3. The first-order valence-electron chi connectivity index (χ1n) is 6.73. The third-order valence-electron chi connectivity index (χ3n) is 3.40. The molecule has 4 nitrogen and oxygen atoms in total. The number of rotatable bonds is 2. The van der Waals surface area contributed by atoms with E-state index in [1.807, 2.05) is 48.5 Å². The van der Waals surface area contributed by atoms with E-state index in [4.69, 9.17) is 0 Å². The molecule has 0 atom stereocenters. The second-order valence-corrected chi connectivity index (χ2v) is 7.16. The molecule has 6 heteroatoms. The zero-order chi connectivity index (χ0) is 15.1. The lowest BCUT2D eigenvalue weighted by atomic mass is 10.1. The Hall–Kier alpha value is -1.80. The molecule has 0 aliphatic carbocycles. The molecule has 1 aliphatic heterocycles. The molecule has 22 heavy (non-hydrogen) atoms. The van der Waals surface area contributed by atoms with Crippen molar-refractivity contribution < 1.29 is 4.79 Å². The first-order chi connectivity index (χ1) is 10.7. The number of hydrogen-bond donors (Lipinski definition) is 0. The average Bonchev–Trinajstić information content (AvgIpc) is 3.10. The Balaban J connectivity index is 1.74. The van der Waals surface area contributed by atoms with Crippen molar-refractivity contribution in [3.63, 3.8) is 0 Å². The maximum Gasteiger partial charge on any atom is 0.255 e. The lowest BCUT2D eigenvalue weighted by Gasteiger charge is -2.05. The molecule has 0 spiro atoms. The minimum absolute atomic E-state index is 0.0343. The van der Waals surface area contributed by atoms with E-state index >= 15 is 0 Å². The Bertz CT molecular complexity index is 885. The van der Waals surface area contributed by atoms with Gasteiger partial charge in [-0.05, 0) is 52.4 Å². The maximum absolute atomic E-state index is 12.3. The van der Waals surface area contributed by atoms with Crippen LogP contribution in [0.2, 0.25) is 0 Å². The first-order valence-corrected chi connectivity index (χ1v) is 8.62. The number of halogens is 1. The van der Waals surface area contributed by atoms with Gasteiger partial charge in [-0.3, -0.25) is 4.79 Å². The van der Waals surface area contributed by atoms with E-state index < -0.39 is 0 Å². The number of aromatic nitrogens is 1. The Kier molecular flexibility index (Phi) is 3.42. The Labute approximate surface area is 144 Å². The van der Waals surface area contributed by atoms with Crippen LogP contribution in [0.15, 0.2) is 53.6 Å². The fourth-order valence-corrected chi connectivity index (χ4v) is 3.84. The third-order valence-corrected chi connectivity index (χ3v) is 5.08. The number of carbonyl (C=O) groups excluding carboxylic acids is 1. The number of amides is 1. The van der Waals surface area contributed by atoms with E-state index in [-0.39, 0.29) is 5.91 Å². The largest absolute Gasteiger partial charge is 0.272 e. The van der Waals surface area contributed by atoms with Crippen LogP contribution < -0.4 is 5.01 Å². The van der Waals surface area contributed by atoms with Crippen molar-refractivity contribution in [3.05, 3.63) is 57.7 Å². The highest BCUT2D eigenvalue weighted by Gasteiger charge is 2.28. The van der Waals surface area contributed by atoms with E-state index in [2.05, 4.69) is 32.7 Å². The Morgan fingerprint density at radius 2 is 2.00 bits per heavy atom. The van der Waals surface area contributed by atoms with Crippen LogP contribution in [0.3, 0.4) is 0 Å². The number of anilines is 1. The van der Waals surface area contributed by atoms with Gasteiger partial charge < -0.3 is 0 Å². The Morgan fingerprint density at radius 1 is 1.14 bits per heavy atom. The van der Waals surface area contributed by atoms with Crippen LogP contribution in [0.25, 0.3) is 10.2 Å². The van der Waals surface area contributed by atoms with Crippen LogP contribution in [0.4, 0.5) is 5.13 Å². The van der Waals surface area contributed by atoms with Crippen LogP contribution in [0, 0.1) is 3.57 Å². The molecule has 3 aromatic rings. The Morgan fingerprint density at radius 3 is 2.82 bits per heavy atom. The van der Waals surface area contributed by atoms with E-state index in [0.717, 1.165) is 25.1 Å². The van der Waals surface area contributed by atoms with E-state index in [1.54, 1.807) is 0 Å². The van der Waals surface area contributed by atoms with Gasteiger partial charge >= 0.3 is 0 Å². The van der Waals surface area contributed by atoms with Crippen molar-refractivity contribution in [1.82, 2.24) is 4.98 Å². The molecule has 4 rings (SSSR count). The summed E-state index contributed by atoms with van der Waals surface area (Å²) in [6, 6.07) is 15.9. The van der Waals surface area contributed by atoms with Gasteiger partial charge in [-0.15, -0.1) is 0 Å². The summed E-state index contributed by atoms with van der Waals surface area (Å²) >= 11 is 3.74. The number of carbonyl (C=O) groups is 1. The summed E-state index contributed by atoms with van der Waals surface area (Å²) in [5.74, 6) is -0.0343. The number of para-hydroxylation sites is 1. The molecule has 1 aromatic heterocycles. The van der Waals surface area contributed by atoms with Gasteiger partial charge in [0, 0.05) is 3.57 Å². The topological polar surface area (TPSA) is 45.6 Å². The highest BCUT2D eigenvalue weighted by atomic mass is 127. The van der Waals surface area contributed by atoms with Gasteiger partial charge in [0.05, 0.1) is 22.3 Å². The normalized spacial score (nSPS) is 14.7. The number of benzene rings is 2. The molecular formula is C16H10IN3OS. The molecule has 0 unspecified atom stereocenters. The highest BCUT2D eigenvalue weighted by molar-refractivity contribution is 14.1. The lowest BCUT2D eigenvalue weighted by Crippen LogP contribution is -2.19. The van der Waals surface area contributed by atoms with Crippen molar-refractivity contribution in [2.45, 2.75) is 6.42 Å². The zero-order valence-corrected chi connectivity index (χ0v) is 14.3. The van der Waals surface area contributed by atoms with Crippen molar-refractivity contribution in [1.29, 1.82) is 0 Å². The molecule has 0 fully saturated rings. The molecule has 2 aromatic carbocycles. The summed E-state index contributed by atoms with van der Waals surface area (Å²) in [5, 5.41) is 6.55. The summed E-state index contributed by atoms with van der Waals surface area (Å²) in [5.41, 5.74) is 2.68. The summed E-state index contributed by atoms with van der Waals surface area (Å²) in [4.78, 5) is 16.8. The molecular weight excluding hydrogens is 409 g/mol. The van der Waals surface area contributed by atoms with Gasteiger partial charge in [0.2, 0.25) is 5.13 Å². The third kappa shape index (κ3) is 2.42. The zero-order valence-electron chi connectivity index (χ0n) is 11.4. The molecule has 108 valence electrons. The van der Waals surface area contributed by atoms with Gasteiger partial charge in [0.15, 0.2) is 0 Å². The van der Waals surface area contributed by atoms with Crippen LogP contribution in [0.5, 0.6) is 0 Å².